The van der Waals surface area contributed by atoms with E-state index in [1.54, 1.807) is 0 Å². The summed E-state index contributed by atoms with van der Waals surface area (Å²) in [5.41, 5.74) is 0.923. The first-order valence-corrected chi connectivity index (χ1v) is 7.02. The summed E-state index contributed by atoms with van der Waals surface area (Å²) >= 11 is 0. The average Bonchev–Trinajstić information content (AvgIpc) is 3.02. The molecule has 3 heteroatoms. The molecule has 2 aliphatic heterocycles. The smallest absolute Gasteiger partial charge is 0.282 e. The molecule has 1 N–H and O–H groups in total. The number of anilines is 1. The van der Waals surface area contributed by atoms with Gasteiger partial charge in [0.05, 0.1) is 19.6 Å². The number of quaternary nitrogens is 1. The molecular weight excluding hydrogens is 224 g/mol. The normalized spacial score (nSPS) is 25.4. The van der Waals surface area contributed by atoms with Crippen LogP contribution < -0.4 is 5.32 Å². The molecule has 2 aliphatic rings. The van der Waals surface area contributed by atoms with Crippen molar-refractivity contribution >= 4 is 11.6 Å². The van der Waals surface area contributed by atoms with E-state index in [0.717, 1.165) is 16.6 Å². The van der Waals surface area contributed by atoms with Crippen molar-refractivity contribution in [2.45, 2.75) is 31.7 Å². The fourth-order valence-corrected chi connectivity index (χ4v) is 3.66. The Labute approximate surface area is 108 Å². The standard InChI is InChI=1S/C15H20N2O/c18-15(16-13-7-2-1-3-8-13)14-9-6-12-17(14)10-4-5-11-17/h1-3,7-8,14H,4-6,9-12H2/p+1. The van der Waals surface area contributed by atoms with Gasteiger partial charge in [-0.05, 0) is 12.1 Å². The average molecular weight is 245 g/mol. The second-order valence-electron chi connectivity index (χ2n) is 5.61. The van der Waals surface area contributed by atoms with Crippen molar-refractivity contribution in [2.24, 2.45) is 0 Å². The third kappa shape index (κ3) is 2.03. The Kier molecular flexibility index (Phi) is 3.08. The summed E-state index contributed by atoms with van der Waals surface area (Å²) < 4.78 is 1.05. The summed E-state index contributed by atoms with van der Waals surface area (Å²) in [7, 11) is 0. The number of nitrogens with zero attached hydrogens (tertiary/aromatic N) is 1. The van der Waals surface area contributed by atoms with Crippen LogP contribution in [0.4, 0.5) is 5.69 Å². The number of carbonyl (C=O) groups is 1. The van der Waals surface area contributed by atoms with Crippen LogP contribution in [0.5, 0.6) is 0 Å². The highest BCUT2D eigenvalue weighted by atomic mass is 16.2. The molecule has 0 bridgehead atoms. The van der Waals surface area contributed by atoms with Gasteiger partial charge in [-0.2, -0.15) is 0 Å². The summed E-state index contributed by atoms with van der Waals surface area (Å²) in [6, 6.07) is 10.0. The number of hydrogen-bond donors (Lipinski definition) is 1. The molecule has 1 atom stereocenters. The van der Waals surface area contributed by atoms with Crippen LogP contribution in [0.2, 0.25) is 0 Å². The fraction of sp³-hybridized carbons (Fsp3) is 0.533. The van der Waals surface area contributed by atoms with E-state index in [2.05, 4.69) is 5.32 Å². The number of benzene rings is 1. The van der Waals surface area contributed by atoms with Crippen LogP contribution in [0.15, 0.2) is 30.3 Å². The molecule has 1 amide bonds. The van der Waals surface area contributed by atoms with E-state index in [-0.39, 0.29) is 11.9 Å². The van der Waals surface area contributed by atoms with Gasteiger partial charge in [0, 0.05) is 31.4 Å². The summed E-state index contributed by atoms with van der Waals surface area (Å²) in [6.45, 7) is 3.60. The van der Waals surface area contributed by atoms with Crippen LogP contribution in [0, 0.1) is 0 Å². The molecule has 0 saturated carbocycles. The maximum absolute atomic E-state index is 12.4. The predicted molar refractivity (Wildman–Crippen MR) is 72.2 cm³/mol. The van der Waals surface area contributed by atoms with E-state index < -0.39 is 0 Å². The predicted octanol–water partition coefficient (Wildman–Crippen LogP) is 2.40. The highest BCUT2D eigenvalue weighted by Gasteiger charge is 2.47. The van der Waals surface area contributed by atoms with Gasteiger partial charge >= 0.3 is 0 Å². The van der Waals surface area contributed by atoms with E-state index >= 15 is 0 Å². The molecule has 1 aromatic rings. The highest BCUT2D eigenvalue weighted by Crippen LogP contribution is 2.33. The monoisotopic (exact) mass is 245 g/mol. The molecule has 2 saturated heterocycles. The van der Waals surface area contributed by atoms with Gasteiger partial charge in [-0.25, -0.2) is 0 Å². The quantitative estimate of drug-likeness (QED) is 0.796. The van der Waals surface area contributed by atoms with Crippen LogP contribution in [0.3, 0.4) is 0 Å². The van der Waals surface area contributed by atoms with Crippen molar-refractivity contribution in [3.63, 3.8) is 0 Å². The second kappa shape index (κ2) is 4.73. The molecule has 2 fully saturated rings. The minimum absolute atomic E-state index is 0.188. The topological polar surface area (TPSA) is 29.1 Å². The molecule has 96 valence electrons. The number of para-hydroxylation sites is 1. The molecule has 0 radical (unpaired) electrons. The van der Waals surface area contributed by atoms with Crippen LogP contribution in [0.25, 0.3) is 0 Å². The van der Waals surface area contributed by atoms with Crippen molar-refractivity contribution in [1.82, 2.24) is 0 Å². The minimum Gasteiger partial charge on any atom is -0.321 e. The molecule has 0 aliphatic carbocycles. The number of rotatable bonds is 2. The van der Waals surface area contributed by atoms with Gasteiger partial charge in [0.2, 0.25) is 0 Å². The zero-order valence-corrected chi connectivity index (χ0v) is 10.8. The zero-order valence-electron chi connectivity index (χ0n) is 10.8. The van der Waals surface area contributed by atoms with Crippen LogP contribution >= 0.6 is 0 Å². The Balaban J connectivity index is 1.72. The van der Waals surface area contributed by atoms with Crippen molar-refractivity contribution < 1.29 is 9.28 Å². The van der Waals surface area contributed by atoms with E-state index in [1.165, 1.54) is 38.9 Å². The first kappa shape index (κ1) is 11.7. The lowest BCUT2D eigenvalue weighted by atomic mass is 10.1. The van der Waals surface area contributed by atoms with Crippen LogP contribution in [-0.2, 0) is 4.79 Å². The van der Waals surface area contributed by atoms with Crippen LogP contribution in [-0.4, -0.2) is 36.1 Å². The number of carbonyl (C=O) groups excluding carboxylic acids is 1. The van der Waals surface area contributed by atoms with E-state index in [0.29, 0.717) is 0 Å². The van der Waals surface area contributed by atoms with Crippen molar-refractivity contribution in [3.05, 3.63) is 30.3 Å². The molecular formula is C15H21N2O+. The summed E-state index contributed by atoms with van der Waals surface area (Å²) in [4.78, 5) is 12.4. The molecule has 18 heavy (non-hydrogen) atoms. The molecule has 1 unspecified atom stereocenters. The SMILES string of the molecule is O=C(Nc1ccccc1)C1CCC[N+]12CCCC2. The van der Waals surface area contributed by atoms with E-state index in [4.69, 9.17) is 0 Å². The van der Waals surface area contributed by atoms with Gasteiger partial charge in [-0.3, -0.25) is 4.79 Å². The Morgan fingerprint density at radius 3 is 2.44 bits per heavy atom. The van der Waals surface area contributed by atoms with Crippen molar-refractivity contribution in [3.8, 4) is 0 Å². The summed E-state index contributed by atoms with van der Waals surface area (Å²) in [5.74, 6) is 0.223. The zero-order chi connectivity index (χ0) is 12.4. The van der Waals surface area contributed by atoms with Gasteiger partial charge in [-0.15, -0.1) is 0 Å². The lowest BCUT2D eigenvalue weighted by molar-refractivity contribution is -0.919. The lowest BCUT2D eigenvalue weighted by Crippen LogP contribution is -2.54. The Bertz CT molecular complexity index is 418. The molecule has 2 heterocycles. The second-order valence-corrected chi connectivity index (χ2v) is 5.61. The molecule has 3 nitrogen and oxygen atoms in total. The number of amides is 1. The van der Waals surface area contributed by atoms with Crippen molar-refractivity contribution in [1.29, 1.82) is 0 Å². The van der Waals surface area contributed by atoms with E-state index in [9.17, 15) is 4.79 Å². The van der Waals surface area contributed by atoms with Crippen molar-refractivity contribution in [2.75, 3.05) is 25.0 Å². The Morgan fingerprint density at radius 2 is 1.72 bits per heavy atom. The molecule has 3 rings (SSSR count). The minimum atomic E-state index is 0.188. The van der Waals surface area contributed by atoms with Gasteiger partial charge in [0.15, 0.2) is 6.04 Å². The van der Waals surface area contributed by atoms with E-state index in [1.807, 2.05) is 30.3 Å². The molecule has 0 aromatic heterocycles. The third-order valence-electron chi connectivity index (χ3n) is 4.54. The third-order valence-corrected chi connectivity index (χ3v) is 4.54. The van der Waals surface area contributed by atoms with Gasteiger partial charge in [-0.1, -0.05) is 18.2 Å². The number of hydrogen-bond acceptors (Lipinski definition) is 1. The lowest BCUT2D eigenvalue weighted by Gasteiger charge is -2.34. The Hall–Kier alpha value is -1.35. The maximum atomic E-state index is 12.4. The summed E-state index contributed by atoms with van der Waals surface area (Å²) in [6.07, 6.45) is 4.83. The van der Waals surface area contributed by atoms with Crippen LogP contribution in [0.1, 0.15) is 25.7 Å². The molecule has 1 spiro atoms. The highest BCUT2D eigenvalue weighted by molar-refractivity contribution is 5.94. The van der Waals surface area contributed by atoms with Gasteiger partial charge < -0.3 is 9.80 Å². The maximum Gasteiger partial charge on any atom is 0.282 e. The summed E-state index contributed by atoms with van der Waals surface area (Å²) in [5, 5.41) is 3.08. The Morgan fingerprint density at radius 1 is 1.06 bits per heavy atom. The first-order chi connectivity index (χ1) is 8.80. The molecule has 1 aromatic carbocycles. The van der Waals surface area contributed by atoms with Gasteiger partial charge in [0.1, 0.15) is 0 Å². The first-order valence-electron chi connectivity index (χ1n) is 7.02. The fourth-order valence-electron chi connectivity index (χ4n) is 3.66. The van der Waals surface area contributed by atoms with Gasteiger partial charge in [0.25, 0.3) is 5.91 Å². The largest absolute Gasteiger partial charge is 0.321 e. The number of nitrogens with one attached hydrogen (secondary N) is 1.